The summed E-state index contributed by atoms with van der Waals surface area (Å²) in [5.41, 5.74) is 1.87. The number of anilines is 1. The number of likely N-dealkylation sites (tertiary alicyclic amines) is 1. The zero-order valence-electron chi connectivity index (χ0n) is 17.7. The largest absolute Gasteiger partial charge is 0.439 e. The number of benzene rings is 1. The molecular formula is C24H26FN5O2. The molecule has 0 saturated carbocycles. The van der Waals surface area contributed by atoms with Gasteiger partial charge in [-0.2, -0.15) is 0 Å². The molecule has 0 atom stereocenters. The predicted molar refractivity (Wildman–Crippen MR) is 120 cm³/mol. The van der Waals surface area contributed by atoms with E-state index < -0.39 is 0 Å². The van der Waals surface area contributed by atoms with E-state index in [9.17, 15) is 9.18 Å². The lowest BCUT2D eigenvalue weighted by molar-refractivity contribution is 0.197. The second-order valence-corrected chi connectivity index (χ2v) is 7.76. The molecule has 4 rings (SSSR count). The molecule has 1 aliphatic rings. The average Bonchev–Trinajstić information content (AvgIpc) is 2.82. The summed E-state index contributed by atoms with van der Waals surface area (Å²) in [6, 6.07) is 13.1. The molecular weight excluding hydrogens is 409 g/mol. The lowest BCUT2D eigenvalue weighted by atomic mass is 10.0. The van der Waals surface area contributed by atoms with Crippen molar-refractivity contribution < 1.29 is 13.9 Å². The van der Waals surface area contributed by atoms with Crippen molar-refractivity contribution in [3.05, 3.63) is 78.5 Å². The molecule has 0 radical (unpaired) electrons. The molecule has 32 heavy (non-hydrogen) atoms. The van der Waals surface area contributed by atoms with Gasteiger partial charge < -0.3 is 20.3 Å². The lowest BCUT2D eigenvalue weighted by Crippen LogP contribution is -2.46. The highest BCUT2D eigenvalue weighted by Crippen LogP contribution is 2.20. The molecule has 0 aliphatic carbocycles. The molecule has 8 heteroatoms. The second-order valence-electron chi connectivity index (χ2n) is 7.76. The highest BCUT2D eigenvalue weighted by Gasteiger charge is 2.20. The summed E-state index contributed by atoms with van der Waals surface area (Å²) < 4.78 is 18.5. The predicted octanol–water partition coefficient (Wildman–Crippen LogP) is 4.24. The first-order valence-electron chi connectivity index (χ1n) is 10.7. The number of ether oxygens (including phenoxy) is 1. The maximum absolute atomic E-state index is 13.0. The summed E-state index contributed by atoms with van der Waals surface area (Å²) >= 11 is 0. The number of nitrogens with one attached hydrogen (secondary N) is 2. The van der Waals surface area contributed by atoms with E-state index in [1.54, 1.807) is 12.1 Å². The maximum Gasteiger partial charge on any atom is 0.319 e. The van der Waals surface area contributed by atoms with Gasteiger partial charge in [-0.05, 0) is 67.3 Å². The molecule has 166 valence electrons. The number of amides is 2. The first kappa shape index (κ1) is 21.7. The third-order valence-corrected chi connectivity index (χ3v) is 5.42. The van der Waals surface area contributed by atoms with E-state index in [1.165, 1.54) is 36.0 Å². The number of urea groups is 1. The molecule has 1 fully saturated rings. The Morgan fingerprint density at radius 1 is 1.06 bits per heavy atom. The van der Waals surface area contributed by atoms with Crippen molar-refractivity contribution in [1.82, 2.24) is 20.2 Å². The van der Waals surface area contributed by atoms with E-state index in [-0.39, 0.29) is 17.9 Å². The Morgan fingerprint density at radius 3 is 2.50 bits per heavy atom. The van der Waals surface area contributed by atoms with Gasteiger partial charge in [0.25, 0.3) is 0 Å². The molecule has 0 bridgehead atoms. The lowest BCUT2D eigenvalue weighted by Gasteiger charge is -2.32. The number of rotatable bonds is 7. The van der Waals surface area contributed by atoms with Crippen LogP contribution in [0.15, 0.2) is 67.1 Å². The van der Waals surface area contributed by atoms with E-state index in [1.807, 2.05) is 12.4 Å². The number of hydrogen-bond donors (Lipinski definition) is 2. The molecule has 0 spiro atoms. The Morgan fingerprint density at radius 2 is 1.81 bits per heavy atom. The number of carbonyl (C=O) groups is 1. The van der Waals surface area contributed by atoms with Crippen LogP contribution in [0.3, 0.4) is 0 Å². The van der Waals surface area contributed by atoms with Crippen molar-refractivity contribution in [3.8, 4) is 11.6 Å². The molecule has 1 saturated heterocycles. The normalized spacial score (nSPS) is 14.7. The first-order chi connectivity index (χ1) is 15.6. The van der Waals surface area contributed by atoms with Crippen molar-refractivity contribution in [2.45, 2.75) is 25.3 Å². The fourth-order valence-electron chi connectivity index (χ4n) is 3.63. The molecule has 1 aromatic carbocycles. The quantitative estimate of drug-likeness (QED) is 0.580. The summed E-state index contributed by atoms with van der Waals surface area (Å²) in [4.78, 5) is 23.0. The van der Waals surface area contributed by atoms with Crippen LogP contribution in [0, 0.1) is 5.82 Å². The highest BCUT2D eigenvalue weighted by atomic mass is 19.1. The van der Waals surface area contributed by atoms with Crippen LogP contribution in [0.2, 0.25) is 0 Å². The van der Waals surface area contributed by atoms with Crippen LogP contribution in [0.5, 0.6) is 11.6 Å². The number of nitrogens with zero attached hydrogens (tertiary/aromatic N) is 3. The second kappa shape index (κ2) is 10.7. The number of aromatic nitrogens is 2. The molecule has 2 N–H and O–H groups in total. The van der Waals surface area contributed by atoms with Gasteiger partial charge in [0.2, 0.25) is 5.88 Å². The van der Waals surface area contributed by atoms with Crippen molar-refractivity contribution in [2.24, 2.45) is 0 Å². The van der Waals surface area contributed by atoms with Gasteiger partial charge in [0.05, 0.1) is 11.9 Å². The van der Waals surface area contributed by atoms with Gasteiger partial charge in [0, 0.05) is 44.1 Å². The Kier molecular flexibility index (Phi) is 7.24. The number of hydrogen-bond acceptors (Lipinski definition) is 5. The van der Waals surface area contributed by atoms with E-state index in [0.717, 1.165) is 38.9 Å². The van der Waals surface area contributed by atoms with Gasteiger partial charge in [-0.25, -0.2) is 14.2 Å². The van der Waals surface area contributed by atoms with Crippen LogP contribution in [-0.2, 0) is 6.42 Å². The summed E-state index contributed by atoms with van der Waals surface area (Å²) in [5, 5.41) is 5.85. The van der Waals surface area contributed by atoms with Gasteiger partial charge in [-0.3, -0.25) is 4.98 Å². The minimum Gasteiger partial charge on any atom is -0.439 e. The van der Waals surface area contributed by atoms with Gasteiger partial charge in [0.1, 0.15) is 11.6 Å². The Balaban J connectivity index is 1.17. The van der Waals surface area contributed by atoms with Crippen molar-refractivity contribution >= 4 is 11.7 Å². The van der Waals surface area contributed by atoms with Crippen molar-refractivity contribution in [3.63, 3.8) is 0 Å². The van der Waals surface area contributed by atoms with Gasteiger partial charge >= 0.3 is 6.03 Å². The third-order valence-electron chi connectivity index (χ3n) is 5.42. The van der Waals surface area contributed by atoms with E-state index in [0.29, 0.717) is 17.3 Å². The van der Waals surface area contributed by atoms with E-state index in [4.69, 9.17) is 4.74 Å². The fourth-order valence-corrected chi connectivity index (χ4v) is 3.63. The number of halogens is 1. The van der Waals surface area contributed by atoms with Crippen LogP contribution >= 0.6 is 0 Å². The smallest absolute Gasteiger partial charge is 0.319 e. The SMILES string of the molecule is O=C(Nc1ccc(Oc2ccc(F)cc2)nc1)NC1CCN(CCc2ccncc2)CC1. The molecule has 0 unspecified atom stereocenters. The monoisotopic (exact) mass is 435 g/mol. The number of carbonyl (C=O) groups excluding carboxylic acids is 1. The molecule has 7 nitrogen and oxygen atoms in total. The Labute approximate surface area is 186 Å². The number of pyridine rings is 2. The summed E-state index contributed by atoms with van der Waals surface area (Å²) in [7, 11) is 0. The van der Waals surface area contributed by atoms with Crippen LogP contribution in [-0.4, -0.2) is 46.6 Å². The number of piperidine rings is 1. The minimum atomic E-state index is -0.327. The fraction of sp³-hybridized carbons (Fsp3) is 0.292. The van der Waals surface area contributed by atoms with Gasteiger partial charge in [0.15, 0.2) is 0 Å². The molecule has 2 amide bonds. The van der Waals surface area contributed by atoms with Gasteiger partial charge in [-0.1, -0.05) is 0 Å². The van der Waals surface area contributed by atoms with Crippen LogP contribution in [0.25, 0.3) is 0 Å². The zero-order chi connectivity index (χ0) is 22.2. The Bertz CT molecular complexity index is 991. The standard InChI is InChI=1S/C24H26FN5O2/c25-19-1-4-22(5-2-19)32-23-6-3-21(17-27-23)29-24(31)28-20-10-15-30(16-11-20)14-9-18-7-12-26-13-8-18/h1-8,12-13,17,20H,9-11,14-16H2,(H2,28,29,31). The molecule has 3 aromatic rings. The van der Waals surface area contributed by atoms with Gasteiger partial charge in [-0.15, -0.1) is 0 Å². The molecule has 2 aromatic heterocycles. The molecule has 3 heterocycles. The van der Waals surface area contributed by atoms with Crippen LogP contribution < -0.4 is 15.4 Å². The van der Waals surface area contributed by atoms with E-state index in [2.05, 4.69) is 37.6 Å². The minimum absolute atomic E-state index is 0.154. The topological polar surface area (TPSA) is 79.4 Å². The van der Waals surface area contributed by atoms with Crippen molar-refractivity contribution in [2.75, 3.05) is 25.0 Å². The highest BCUT2D eigenvalue weighted by molar-refractivity contribution is 5.89. The average molecular weight is 436 g/mol. The Hall–Kier alpha value is -3.52. The summed E-state index contributed by atoms with van der Waals surface area (Å²) in [6.07, 6.45) is 8.03. The first-order valence-corrected chi connectivity index (χ1v) is 10.7. The van der Waals surface area contributed by atoms with Crippen LogP contribution in [0.1, 0.15) is 18.4 Å². The third kappa shape index (κ3) is 6.49. The maximum atomic E-state index is 13.0. The summed E-state index contributed by atoms with van der Waals surface area (Å²) in [5.74, 6) is 0.526. The summed E-state index contributed by atoms with van der Waals surface area (Å²) in [6.45, 7) is 2.95. The van der Waals surface area contributed by atoms with Crippen LogP contribution in [0.4, 0.5) is 14.9 Å². The van der Waals surface area contributed by atoms with Crippen molar-refractivity contribution in [1.29, 1.82) is 0 Å². The molecule has 1 aliphatic heterocycles. The zero-order valence-corrected chi connectivity index (χ0v) is 17.7. The van der Waals surface area contributed by atoms with E-state index >= 15 is 0 Å².